The van der Waals surface area contributed by atoms with Crippen molar-refractivity contribution in [3.8, 4) is 0 Å². The molecule has 31 heavy (non-hydrogen) atoms. The van der Waals surface area contributed by atoms with E-state index in [9.17, 15) is 14.7 Å². The molecule has 3 heterocycles. The third-order valence-electron chi connectivity index (χ3n) is 6.80. The third kappa shape index (κ3) is 3.08. The first-order chi connectivity index (χ1) is 14.9. The number of fused-ring (bicyclic) bond motifs is 3. The molecule has 0 saturated heterocycles. The quantitative estimate of drug-likeness (QED) is 0.665. The van der Waals surface area contributed by atoms with Crippen LogP contribution in [0, 0.1) is 6.92 Å². The van der Waals surface area contributed by atoms with Gasteiger partial charge < -0.3 is 10.4 Å². The van der Waals surface area contributed by atoms with Crippen LogP contribution in [-0.4, -0.2) is 30.6 Å². The topological polar surface area (TPSA) is 110 Å². The minimum atomic E-state index is -1.14. The molecule has 1 fully saturated rings. The molecule has 2 aliphatic rings. The zero-order chi connectivity index (χ0) is 21.8. The average Bonchev–Trinajstić information content (AvgIpc) is 3.37. The zero-order valence-corrected chi connectivity index (χ0v) is 17.7. The van der Waals surface area contributed by atoms with Gasteiger partial charge in [-0.3, -0.25) is 9.36 Å². The summed E-state index contributed by atoms with van der Waals surface area (Å²) >= 11 is 0. The Morgan fingerprint density at radius 2 is 1.94 bits per heavy atom. The summed E-state index contributed by atoms with van der Waals surface area (Å²) in [5.41, 5.74) is 2.42. The van der Waals surface area contributed by atoms with E-state index in [-0.39, 0.29) is 28.5 Å². The van der Waals surface area contributed by atoms with Crippen LogP contribution in [0.4, 0.5) is 5.82 Å². The first kappa shape index (κ1) is 19.7. The van der Waals surface area contributed by atoms with Crippen molar-refractivity contribution in [2.24, 2.45) is 0 Å². The number of hydrogen-bond donors (Lipinski definition) is 2. The van der Waals surface area contributed by atoms with E-state index in [4.69, 9.17) is 4.98 Å². The van der Waals surface area contributed by atoms with Gasteiger partial charge in [0.2, 0.25) is 0 Å². The third-order valence-corrected chi connectivity index (χ3v) is 6.80. The number of nitrogens with one attached hydrogen (secondary N) is 1. The smallest absolute Gasteiger partial charge is 0.358 e. The fourth-order valence-corrected chi connectivity index (χ4v) is 5.29. The molecule has 160 valence electrons. The van der Waals surface area contributed by atoms with Crippen molar-refractivity contribution < 1.29 is 9.90 Å². The summed E-state index contributed by atoms with van der Waals surface area (Å²) < 4.78 is 1.88. The van der Waals surface area contributed by atoms with Crippen LogP contribution in [0.1, 0.15) is 72.5 Å². The highest BCUT2D eigenvalue weighted by molar-refractivity contribution is 5.91. The molecular weight excluding hydrogens is 394 g/mol. The maximum absolute atomic E-state index is 13.4. The highest BCUT2D eigenvalue weighted by Crippen LogP contribution is 2.46. The van der Waals surface area contributed by atoms with Gasteiger partial charge in [0.1, 0.15) is 5.82 Å². The second-order valence-electron chi connectivity index (χ2n) is 8.80. The van der Waals surface area contributed by atoms with Gasteiger partial charge in [-0.25, -0.2) is 19.7 Å². The van der Waals surface area contributed by atoms with E-state index in [2.05, 4.69) is 15.3 Å². The van der Waals surface area contributed by atoms with Crippen LogP contribution >= 0.6 is 0 Å². The zero-order valence-electron chi connectivity index (χ0n) is 17.7. The van der Waals surface area contributed by atoms with Crippen LogP contribution in [0.2, 0.25) is 0 Å². The van der Waals surface area contributed by atoms with Crippen molar-refractivity contribution in [3.63, 3.8) is 0 Å². The molecule has 1 aromatic carbocycles. The van der Waals surface area contributed by atoms with E-state index in [1.165, 1.54) is 25.2 Å². The van der Waals surface area contributed by atoms with E-state index in [1.54, 1.807) is 0 Å². The Morgan fingerprint density at radius 3 is 2.68 bits per heavy atom. The molecule has 8 nitrogen and oxygen atoms in total. The van der Waals surface area contributed by atoms with Gasteiger partial charge in [0.05, 0.1) is 16.9 Å². The molecule has 1 spiro atoms. The van der Waals surface area contributed by atoms with Gasteiger partial charge in [0.15, 0.2) is 11.5 Å². The number of nitrogens with zero attached hydrogens (tertiary/aromatic N) is 4. The molecule has 1 aliphatic heterocycles. The molecule has 0 radical (unpaired) electrons. The first-order valence-corrected chi connectivity index (χ1v) is 10.8. The summed E-state index contributed by atoms with van der Waals surface area (Å²) in [5.74, 6) is -0.0258. The van der Waals surface area contributed by atoms with Crippen molar-refractivity contribution in [2.45, 2.75) is 64.0 Å². The van der Waals surface area contributed by atoms with Crippen molar-refractivity contribution in [3.05, 3.63) is 57.5 Å². The molecule has 0 bridgehead atoms. The largest absolute Gasteiger partial charge is 0.476 e. The Morgan fingerprint density at radius 1 is 1.19 bits per heavy atom. The number of aromatic carboxylic acids is 1. The molecule has 0 amide bonds. The van der Waals surface area contributed by atoms with Gasteiger partial charge in [-0.1, -0.05) is 18.9 Å². The van der Waals surface area contributed by atoms with E-state index in [0.717, 1.165) is 42.8 Å². The lowest BCUT2D eigenvalue weighted by molar-refractivity contribution is 0.0691. The minimum Gasteiger partial charge on any atom is -0.476 e. The highest BCUT2D eigenvalue weighted by atomic mass is 16.4. The van der Waals surface area contributed by atoms with Crippen LogP contribution in [0.5, 0.6) is 0 Å². The molecule has 1 saturated carbocycles. The molecule has 3 aromatic rings. The summed E-state index contributed by atoms with van der Waals surface area (Å²) in [6, 6.07) is 3.60. The van der Waals surface area contributed by atoms with E-state index >= 15 is 0 Å². The Labute approximate surface area is 179 Å². The number of aromatic nitrogens is 4. The molecule has 5 rings (SSSR count). The lowest BCUT2D eigenvalue weighted by Gasteiger charge is -2.23. The fraction of sp³-hybridized carbons (Fsp3) is 0.435. The van der Waals surface area contributed by atoms with Crippen molar-refractivity contribution in [1.29, 1.82) is 0 Å². The normalized spacial score (nSPS) is 17.7. The van der Waals surface area contributed by atoms with Crippen LogP contribution in [0.15, 0.2) is 29.3 Å². The molecule has 2 aromatic heterocycles. The van der Waals surface area contributed by atoms with Gasteiger partial charge in [-0.2, -0.15) is 0 Å². The summed E-state index contributed by atoms with van der Waals surface area (Å²) in [4.78, 5) is 38.1. The molecule has 1 aliphatic carbocycles. The Bertz CT molecular complexity index is 1260. The number of anilines is 1. The maximum atomic E-state index is 13.4. The molecule has 1 atom stereocenters. The maximum Gasteiger partial charge on any atom is 0.358 e. The van der Waals surface area contributed by atoms with Gasteiger partial charge in [0, 0.05) is 29.9 Å². The second kappa shape index (κ2) is 7.14. The number of benzene rings is 1. The summed E-state index contributed by atoms with van der Waals surface area (Å²) in [6.07, 6.45) is 8.32. The number of rotatable bonds is 4. The Hall–Kier alpha value is -3.29. The van der Waals surface area contributed by atoms with Crippen molar-refractivity contribution in [2.75, 3.05) is 5.32 Å². The van der Waals surface area contributed by atoms with Crippen molar-refractivity contribution in [1.82, 2.24) is 19.5 Å². The predicted octanol–water partition coefficient (Wildman–Crippen LogP) is 3.58. The molecule has 2 N–H and O–H groups in total. The summed E-state index contributed by atoms with van der Waals surface area (Å²) in [7, 11) is 0. The molecule has 8 heteroatoms. The number of hydrogen-bond acceptors (Lipinski definition) is 6. The van der Waals surface area contributed by atoms with Gasteiger partial charge in [-0.15, -0.1) is 0 Å². The average molecular weight is 419 g/mol. The first-order valence-electron chi connectivity index (χ1n) is 10.8. The predicted molar refractivity (Wildman–Crippen MR) is 117 cm³/mol. The van der Waals surface area contributed by atoms with Gasteiger partial charge in [0.25, 0.3) is 5.56 Å². The number of aryl methyl sites for hydroxylation is 1. The van der Waals surface area contributed by atoms with Crippen molar-refractivity contribution >= 4 is 22.7 Å². The van der Waals surface area contributed by atoms with Crippen LogP contribution in [-0.2, 0) is 12.0 Å². The SMILES string of the molecule is Cc1cc([C@@H](C)Nc2nccnc2C(=O)O)c2nc3n(c(=O)c2c1)CCC31CCCC1. The lowest BCUT2D eigenvalue weighted by atomic mass is 9.84. The lowest BCUT2D eigenvalue weighted by Crippen LogP contribution is -2.27. The van der Waals surface area contributed by atoms with Crippen LogP contribution < -0.4 is 10.9 Å². The van der Waals surface area contributed by atoms with Gasteiger partial charge in [-0.05, 0) is 44.7 Å². The Kier molecular flexibility index (Phi) is 4.53. The summed E-state index contributed by atoms with van der Waals surface area (Å²) in [5, 5.41) is 13.2. The fourth-order valence-electron chi connectivity index (χ4n) is 5.29. The monoisotopic (exact) mass is 419 g/mol. The van der Waals surface area contributed by atoms with E-state index in [0.29, 0.717) is 10.9 Å². The number of carbonyl (C=O) groups is 1. The highest BCUT2D eigenvalue weighted by Gasteiger charge is 2.43. The van der Waals surface area contributed by atoms with Crippen LogP contribution in [0.25, 0.3) is 10.9 Å². The van der Waals surface area contributed by atoms with Gasteiger partial charge >= 0.3 is 5.97 Å². The second-order valence-corrected chi connectivity index (χ2v) is 8.80. The van der Waals surface area contributed by atoms with E-state index in [1.807, 2.05) is 30.5 Å². The standard InChI is InChI=1S/C23H25N5O3/c1-13-11-15(14(2)26-19-18(21(30)31)24-8-9-25-19)17-16(12-13)20(29)28-10-7-23(22(28)27-17)5-3-4-6-23/h8-9,11-12,14H,3-7,10H2,1-2H3,(H,25,26)(H,30,31)/t14-/m1/s1. The summed E-state index contributed by atoms with van der Waals surface area (Å²) in [6.45, 7) is 4.61. The number of carboxylic acids is 1. The van der Waals surface area contributed by atoms with E-state index < -0.39 is 5.97 Å². The number of carboxylic acid groups (broad SMARTS) is 1. The molecule has 0 unspecified atom stereocenters. The molecular formula is C23H25N5O3. The van der Waals surface area contributed by atoms with Crippen LogP contribution in [0.3, 0.4) is 0 Å². The minimum absolute atomic E-state index is 0.0200. The Balaban J connectivity index is 1.65.